The minimum absolute atomic E-state index is 0.119. The van der Waals surface area contributed by atoms with Gasteiger partial charge in [0.25, 0.3) is 5.91 Å². The molecule has 0 unspecified atom stereocenters. The number of nitrogens with one attached hydrogen (secondary N) is 2. The van der Waals surface area contributed by atoms with Gasteiger partial charge in [0.15, 0.2) is 0 Å². The van der Waals surface area contributed by atoms with E-state index in [-0.39, 0.29) is 5.91 Å². The number of nitrogens with zero attached hydrogens (tertiary/aromatic N) is 1. The van der Waals surface area contributed by atoms with Crippen molar-refractivity contribution in [2.75, 3.05) is 17.2 Å². The van der Waals surface area contributed by atoms with Crippen molar-refractivity contribution in [3.8, 4) is 0 Å². The van der Waals surface area contributed by atoms with Crippen molar-refractivity contribution in [1.82, 2.24) is 4.98 Å². The summed E-state index contributed by atoms with van der Waals surface area (Å²) in [7, 11) is 0. The number of hydrogen-bond acceptors (Lipinski definition) is 3. The van der Waals surface area contributed by atoms with Gasteiger partial charge in [-0.2, -0.15) is 0 Å². The lowest BCUT2D eigenvalue weighted by Crippen LogP contribution is -2.13. The number of benzene rings is 1. The Morgan fingerprint density at radius 2 is 2.21 bits per heavy atom. The average molecular weight is 253 g/mol. The smallest absolute Gasteiger partial charge is 0.256 e. The van der Waals surface area contributed by atoms with Crippen molar-refractivity contribution in [2.45, 2.75) is 13.3 Å². The second-order valence-electron chi connectivity index (χ2n) is 4.72. The largest absolute Gasteiger partial charge is 0.384 e. The Kier molecular flexibility index (Phi) is 2.91. The van der Waals surface area contributed by atoms with Crippen LogP contribution in [0.25, 0.3) is 0 Å². The van der Waals surface area contributed by atoms with Crippen LogP contribution >= 0.6 is 0 Å². The first-order valence-corrected chi connectivity index (χ1v) is 6.33. The Morgan fingerprint density at radius 3 is 3.00 bits per heavy atom. The molecule has 0 radical (unpaired) electrons. The summed E-state index contributed by atoms with van der Waals surface area (Å²) >= 11 is 0. The number of aryl methyl sites for hydroxylation is 1. The van der Waals surface area contributed by atoms with E-state index in [2.05, 4.69) is 15.6 Å². The molecule has 96 valence electrons. The molecular weight excluding hydrogens is 238 g/mol. The van der Waals surface area contributed by atoms with E-state index in [4.69, 9.17) is 0 Å². The van der Waals surface area contributed by atoms with Crippen molar-refractivity contribution in [1.29, 1.82) is 0 Å². The number of carbonyl (C=O) groups is 1. The van der Waals surface area contributed by atoms with Crippen LogP contribution in [0.3, 0.4) is 0 Å². The van der Waals surface area contributed by atoms with Crippen LogP contribution in [0, 0.1) is 6.92 Å². The summed E-state index contributed by atoms with van der Waals surface area (Å²) in [6, 6.07) is 9.47. The molecule has 2 N–H and O–H groups in total. The monoisotopic (exact) mass is 253 g/mol. The van der Waals surface area contributed by atoms with Gasteiger partial charge in [0.05, 0.1) is 0 Å². The van der Waals surface area contributed by atoms with Crippen molar-refractivity contribution >= 4 is 17.4 Å². The fourth-order valence-electron chi connectivity index (χ4n) is 2.18. The van der Waals surface area contributed by atoms with E-state index in [1.807, 2.05) is 37.3 Å². The van der Waals surface area contributed by atoms with Crippen molar-refractivity contribution < 1.29 is 4.79 Å². The first-order chi connectivity index (χ1) is 9.22. The molecule has 0 saturated carbocycles. The van der Waals surface area contributed by atoms with Gasteiger partial charge in [-0.15, -0.1) is 0 Å². The molecule has 1 aliphatic heterocycles. The summed E-state index contributed by atoms with van der Waals surface area (Å²) in [4.78, 5) is 16.3. The number of hydrogen-bond donors (Lipinski definition) is 2. The molecule has 4 heteroatoms. The number of fused-ring (bicyclic) bond motifs is 1. The van der Waals surface area contributed by atoms with E-state index < -0.39 is 0 Å². The third kappa shape index (κ3) is 2.42. The molecule has 0 aliphatic carbocycles. The van der Waals surface area contributed by atoms with Gasteiger partial charge in [-0.3, -0.25) is 4.79 Å². The van der Waals surface area contributed by atoms with Gasteiger partial charge in [0, 0.05) is 24.0 Å². The van der Waals surface area contributed by atoms with Crippen LogP contribution in [0.2, 0.25) is 0 Å². The highest BCUT2D eigenvalue weighted by Crippen LogP contribution is 2.23. The summed E-state index contributed by atoms with van der Waals surface area (Å²) in [6.07, 6.45) is 2.71. The van der Waals surface area contributed by atoms with Crippen LogP contribution in [-0.2, 0) is 6.42 Å². The highest BCUT2D eigenvalue weighted by molar-refractivity contribution is 6.04. The second-order valence-corrected chi connectivity index (χ2v) is 4.72. The van der Waals surface area contributed by atoms with Crippen LogP contribution in [0.1, 0.15) is 21.5 Å². The molecule has 1 aromatic heterocycles. The van der Waals surface area contributed by atoms with E-state index >= 15 is 0 Å². The molecule has 1 aliphatic rings. The minimum atomic E-state index is -0.119. The lowest BCUT2D eigenvalue weighted by atomic mass is 10.1. The molecule has 0 atom stereocenters. The highest BCUT2D eigenvalue weighted by atomic mass is 16.1. The standard InChI is InChI=1S/C15H15N3O/c1-10-2-5-14(17-9-10)18-15(19)12-3-4-13-11(8-12)6-7-16-13/h2-5,8-9,16H,6-7H2,1H3,(H,17,18,19). The summed E-state index contributed by atoms with van der Waals surface area (Å²) in [5.74, 6) is 0.459. The van der Waals surface area contributed by atoms with Gasteiger partial charge in [0.2, 0.25) is 0 Å². The van der Waals surface area contributed by atoms with Crippen molar-refractivity contribution in [3.05, 3.63) is 53.2 Å². The summed E-state index contributed by atoms with van der Waals surface area (Å²) in [6.45, 7) is 2.91. The lowest BCUT2D eigenvalue weighted by molar-refractivity contribution is 0.102. The van der Waals surface area contributed by atoms with Gasteiger partial charge in [-0.25, -0.2) is 4.98 Å². The predicted molar refractivity (Wildman–Crippen MR) is 75.6 cm³/mol. The van der Waals surface area contributed by atoms with E-state index in [9.17, 15) is 4.79 Å². The quantitative estimate of drug-likeness (QED) is 0.865. The Balaban J connectivity index is 1.78. The minimum Gasteiger partial charge on any atom is -0.384 e. The fourth-order valence-corrected chi connectivity index (χ4v) is 2.18. The molecule has 2 heterocycles. The average Bonchev–Trinajstić information content (AvgIpc) is 2.88. The first kappa shape index (κ1) is 11.7. The maximum absolute atomic E-state index is 12.1. The maximum atomic E-state index is 12.1. The zero-order valence-electron chi connectivity index (χ0n) is 10.7. The Labute approximate surface area is 111 Å². The van der Waals surface area contributed by atoms with E-state index in [1.54, 1.807) is 6.20 Å². The van der Waals surface area contributed by atoms with Crippen LogP contribution in [-0.4, -0.2) is 17.4 Å². The third-order valence-corrected chi connectivity index (χ3v) is 3.23. The van der Waals surface area contributed by atoms with E-state index in [0.29, 0.717) is 11.4 Å². The van der Waals surface area contributed by atoms with Gasteiger partial charge < -0.3 is 10.6 Å². The van der Waals surface area contributed by atoms with Crippen LogP contribution in [0.4, 0.5) is 11.5 Å². The van der Waals surface area contributed by atoms with Gasteiger partial charge in [-0.1, -0.05) is 6.07 Å². The van der Waals surface area contributed by atoms with Crippen molar-refractivity contribution in [2.24, 2.45) is 0 Å². The number of aromatic nitrogens is 1. The lowest BCUT2D eigenvalue weighted by Gasteiger charge is -2.06. The molecule has 3 rings (SSSR count). The topological polar surface area (TPSA) is 54.0 Å². The molecular formula is C15H15N3O. The summed E-state index contributed by atoms with van der Waals surface area (Å²) in [5.41, 5.74) is 4.07. The van der Waals surface area contributed by atoms with Crippen LogP contribution < -0.4 is 10.6 Å². The van der Waals surface area contributed by atoms with Crippen LogP contribution in [0.15, 0.2) is 36.5 Å². The normalized spacial score (nSPS) is 12.7. The molecule has 1 amide bonds. The molecule has 0 saturated heterocycles. The number of carbonyl (C=O) groups excluding carboxylic acids is 1. The van der Waals surface area contributed by atoms with E-state index in [0.717, 1.165) is 24.2 Å². The molecule has 19 heavy (non-hydrogen) atoms. The summed E-state index contributed by atoms with van der Waals surface area (Å²) < 4.78 is 0. The summed E-state index contributed by atoms with van der Waals surface area (Å²) in [5, 5.41) is 6.08. The highest BCUT2D eigenvalue weighted by Gasteiger charge is 2.13. The molecule has 4 nitrogen and oxygen atoms in total. The van der Waals surface area contributed by atoms with Gasteiger partial charge in [-0.05, 0) is 48.7 Å². The Bertz CT molecular complexity index is 620. The van der Waals surface area contributed by atoms with Gasteiger partial charge >= 0.3 is 0 Å². The molecule has 0 bridgehead atoms. The van der Waals surface area contributed by atoms with Gasteiger partial charge in [0.1, 0.15) is 5.82 Å². The Hall–Kier alpha value is -2.36. The molecule has 0 spiro atoms. The molecule has 2 aromatic rings. The predicted octanol–water partition coefficient (Wildman–Crippen LogP) is 2.61. The third-order valence-electron chi connectivity index (χ3n) is 3.23. The van der Waals surface area contributed by atoms with Crippen molar-refractivity contribution in [3.63, 3.8) is 0 Å². The van der Waals surface area contributed by atoms with E-state index in [1.165, 1.54) is 5.56 Å². The molecule has 1 aromatic carbocycles. The number of amides is 1. The number of pyridine rings is 1. The molecule has 0 fully saturated rings. The number of anilines is 2. The number of rotatable bonds is 2. The zero-order valence-corrected chi connectivity index (χ0v) is 10.7. The maximum Gasteiger partial charge on any atom is 0.256 e. The fraction of sp³-hybridized carbons (Fsp3) is 0.200. The first-order valence-electron chi connectivity index (χ1n) is 6.33. The zero-order chi connectivity index (χ0) is 13.2. The van der Waals surface area contributed by atoms with Crippen LogP contribution in [0.5, 0.6) is 0 Å². The second kappa shape index (κ2) is 4.72. The SMILES string of the molecule is Cc1ccc(NC(=O)c2ccc3c(c2)CCN3)nc1. The Morgan fingerprint density at radius 1 is 1.32 bits per heavy atom.